The Morgan fingerprint density at radius 1 is 1.10 bits per heavy atom. The molecule has 0 saturated heterocycles. The molecule has 0 aliphatic carbocycles. The van der Waals surface area contributed by atoms with Crippen LogP contribution in [-0.2, 0) is 0 Å². The quantitative estimate of drug-likeness (QED) is 0.935. The van der Waals surface area contributed by atoms with Crippen LogP contribution in [0.4, 0.5) is 0 Å². The Kier molecular flexibility index (Phi) is 3.58. The van der Waals surface area contributed by atoms with E-state index in [1.54, 1.807) is 13.2 Å². The molecule has 5 heteroatoms. The molecule has 0 saturated carbocycles. The molecule has 3 rings (SSSR count). The summed E-state index contributed by atoms with van der Waals surface area (Å²) >= 11 is 0. The maximum atomic E-state index is 6.03. The molecule has 2 N–H and O–H groups in total. The highest BCUT2D eigenvalue weighted by molar-refractivity contribution is 5.51. The molecule has 0 unspecified atom stereocenters. The zero-order chi connectivity index (χ0) is 14.8. The molecule has 2 aromatic rings. The number of hydrogen-bond acceptors (Lipinski definition) is 5. The SMILES string of the molecule is COc1cccc(Oc2ccc3c(c2)OCO3)c1[C@@H](C)N. The third kappa shape index (κ3) is 2.60. The maximum Gasteiger partial charge on any atom is 0.231 e. The van der Waals surface area contributed by atoms with Crippen LogP contribution in [0.5, 0.6) is 28.7 Å². The van der Waals surface area contributed by atoms with Crippen molar-refractivity contribution in [2.45, 2.75) is 13.0 Å². The Labute approximate surface area is 123 Å². The molecule has 0 radical (unpaired) electrons. The van der Waals surface area contributed by atoms with Crippen molar-refractivity contribution in [2.24, 2.45) is 5.73 Å². The Bertz CT molecular complexity index is 655. The molecule has 5 nitrogen and oxygen atoms in total. The van der Waals surface area contributed by atoms with Gasteiger partial charge in [-0.3, -0.25) is 0 Å². The predicted octanol–water partition coefficient (Wildman–Crippen LogP) is 3.24. The van der Waals surface area contributed by atoms with Gasteiger partial charge in [0.1, 0.15) is 17.2 Å². The number of nitrogens with two attached hydrogens (primary N) is 1. The molecule has 0 aromatic heterocycles. The van der Waals surface area contributed by atoms with Crippen LogP contribution in [-0.4, -0.2) is 13.9 Å². The second-order valence-electron chi connectivity index (χ2n) is 4.78. The average molecular weight is 287 g/mol. The Balaban J connectivity index is 1.94. The van der Waals surface area contributed by atoms with Crippen molar-refractivity contribution < 1.29 is 18.9 Å². The van der Waals surface area contributed by atoms with E-state index in [4.69, 9.17) is 24.7 Å². The zero-order valence-electron chi connectivity index (χ0n) is 12.0. The maximum absolute atomic E-state index is 6.03. The van der Waals surface area contributed by atoms with Crippen LogP contribution < -0.4 is 24.7 Å². The molecule has 1 aliphatic heterocycles. The molecule has 0 amide bonds. The minimum Gasteiger partial charge on any atom is -0.496 e. The van der Waals surface area contributed by atoms with Crippen LogP contribution >= 0.6 is 0 Å². The number of hydrogen-bond donors (Lipinski definition) is 1. The molecule has 1 heterocycles. The van der Waals surface area contributed by atoms with Crippen molar-refractivity contribution in [2.75, 3.05) is 13.9 Å². The zero-order valence-corrected chi connectivity index (χ0v) is 12.0. The van der Waals surface area contributed by atoms with Gasteiger partial charge in [-0.2, -0.15) is 0 Å². The second kappa shape index (κ2) is 5.54. The largest absolute Gasteiger partial charge is 0.496 e. The first-order valence-electron chi connectivity index (χ1n) is 6.69. The molecule has 0 spiro atoms. The van der Waals surface area contributed by atoms with Crippen LogP contribution in [0.2, 0.25) is 0 Å². The Morgan fingerprint density at radius 3 is 2.62 bits per heavy atom. The van der Waals surface area contributed by atoms with Crippen LogP contribution in [0.15, 0.2) is 36.4 Å². The molecule has 1 atom stereocenters. The first-order valence-corrected chi connectivity index (χ1v) is 6.69. The fourth-order valence-electron chi connectivity index (χ4n) is 2.31. The standard InChI is InChI=1S/C16H17NO4/c1-10(17)16-13(18-2)4-3-5-14(16)21-11-6-7-12-15(8-11)20-9-19-12/h3-8,10H,9,17H2,1-2H3/t10-/m1/s1. The van der Waals surface area contributed by atoms with Crippen LogP contribution in [0.25, 0.3) is 0 Å². The lowest BCUT2D eigenvalue weighted by molar-refractivity contribution is 0.174. The summed E-state index contributed by atoms with van der Waals surface area (Å²) in [6, 6.07) is 10.9. The second-order valence-corrected chi connectivity index (χ2v) is 4.78. The van der Waals surface area contributed by atoms with Gasteiger partial charge in [0.2, 0.25) is 6.79 Å². The highest BCUT2D eigenvalue weighted by Crippen LogP contribution is 2.39. The van der Waals surface area contributed by atoms with Crippen molar-refractivity contribution in [3.05, 3.63) is 42.0 Å². The van der Waals surface area contributed by atoms with Crippen LogP contribution in [0.1, 0.15) is 18.5 Å². The first-order chi connectivity index (χ1) is 10.2. The minimum atomic E-state index is -0.204. The van der Waals surface area contributed by atoms with Gasteiger partial charge < -0.3 is 24.7 Å². The van der Waals surface area contributed by atoms with E-state index in [9.17, 15) is 0 Å². The van der Waals surface area contributed by atoms with E-state index >= 15 is 0 Å². The third-order valence-electron chi connectivity index (χ3n) is 3.27. The van der Waals surface area contributed by atoms with E-state index < -0.39 is 0 Å². The summed E-state index contributed by atoms with van der Waals surface area (Å²) in [5.74, 6) is 3.44. The van der Waals surface area contributed by atoms with E-state index in [-0.39, 0.29) is 12.8 Å². The highest BCUT2D eigenvalue weighted by atomic mass is 16.7. The summed E-state index contributed by atoms with van der Waals surface area (Å²) in [7, 11) is 1.62. The lowest BCUT2D eigenvalue weighted by atomic mass is 10.1. The third-order valence-corrected chi connectivity index (χ3v) is 3.27. The summed E-state index contributed by atoms with van der Waals surface area (Å²) < 4.78 is 21.9. The van der Waals surface area contributed by atoms with Gasteiger partial charge in [-0.25, -0.2) is 0 Å². The fraction of sp³-hybridized carbons (Fsp3) is 0.250. The molecule has 21 heavy (non-hydrogen) atoms. The number of methoxy groups -OCH3 is 1. The molecular weight excluding hydrogens is 270 g/mol. The van der Waals surface area contributed by atoms with Gasteiger partial charge in [0.05, 0.1) is 12.7 Å². The van der Waals surface area contributed by atoms with Gasteiger partial charge in [0.25, 0.3) is 0 Å². The van der Waals surface area contributed by atoms with Crippen molar-refractivity contribution in [1.82, 2.24) is 0 Å². The normalized spacial score (nSPS) is 13.9. The van der Waals surface area contributed by atoms with Crippen LogP contribution in [0.3, 0.4) is 0 Å². The van der Waals surface area contributed by atoms with Crippen molar-refractivity contribution in [3.8, 4) is 28.7 Å². The fourth-order valence-corrected chi connectivity index (χ4v) is 2.31. The highest BCUT2D eigenvalue weighted by Gasteiger charge is 2.17. The van der Waals surface area contributed by atoms with E-state index in [0.717, 1.165) is 11.3 Å². The number of ether oxygens (including phenoxy) is 4. The minimum absolute atomic E-state index is 0.204. The summed E-state index contributed by atoms with van der Waals surface area (Å²) in [5, 5.41) is 0. The van der Waals surface area contributed by atoms with E-state index in [1.807, 2.05) is 37.3 Å². The average Bonchev–Trinajstić information content (AvgIpc) is 2.94. The van der Waals surface area contributed by atoms with Gasteiger partial charge in [-0.1, -0.05) is 6.07 Å². The van der Waals surface area contributed by atoms with Gasteiger partial charge in [0, 0.05) is 12.1 Å². The lowest BCUT2D eigenvalue weighted by Gasteiger charge is -2.17. The van der Waals surface area contributed by atoms with E-state index in [2.05, 4.69) is 0 Å². The first kappa shape index (κ1) is 13.6. The number of fused-ring (bicyclic) bond motifs is 1. The van der Waals surface area contributed by atoms with Gasteiger partial charge in [0.15, 0.2) is 11.5 Å². The summed E-state index contributed by atoms with van der Waals surface area (Å²) in [6.07, 6.45) is 0. The van der Waals surface area contributed by atoms with Crippen molar-refractivity contribution >= 4 is 0 Å². The van der Waals surface area contributed by atoms with Crippen molar-refractivity contribution in [1.29, 1.82) is 0 Å². The monoisotopic (exact) mass is 287 g/mol. The summed E-state index contributed by atoms with van der Waals surface area (Å²) in [6.45, 7) is 2.13. The van der Waals surface area contributed by atoms with Gasteiger partial charge in [-0.05, 0) is 31.2 Å². The predicted molar refractivity (Wildman–Crippen MR) is 78.2 cm³/mol. The Morgan fingerprint density at radius 2 is 1.86 bits per heavy atom. The molecule has 0 bridgehead atoms. The molecule has 0 fully saturated rings. The van der Waals surface area contributed by atoms with Crippen LogP contribution in [0, 0.1) is 0 Å². The topological polar surface area (TPSA) is 62.9 Å². The number of rotatable bonds is 4. The molecular formula is C16H17NO4. The summed E-state index contributed by atoms with van der Waals surface area (Å²) in [5.41, 5.74) is 6.86. The smallest absolute Gasteiger partial charge is 0.231 e. The van der Waals surface area contributed by atoms with Gasteiger partial charge >= 0.3 is 0 Å². The molecule has 2 aromatic carbocycles. The summed E-state index contributed by atoms with van der Waals surface area (Å²) in [4.78, 5) is 0. The van der Waals surface area contributed by atoms with E-state index in [0.29, 0.717) is 23.0 Å². The molecule has 1 aliphatic rings. The van der Waals surface area contributed by atoms with Crippen molar-refractivity contribution in [3.63, 3.8) is 0 Å². The van der Waals surface area contributed by atoms with Gasteiger partial charge in [-0.15, -0.1) is 0 Å². The lowest BCUT2D eigenvalue weighted by Crippen LogP contribution is -2.08. The Hall–Kier alpha value is -2.40. The number of benzene rings is 2. The van der Waals surface area contributed by atoms with E-state index in [1.165, 1.54) is 0 Å². The molecule has 110 valence electrons.